The van der Waals surface area contributed by atoms with E-state index >= 15 is 0 Å². The van der Waals surface area contributed by atoms with Gasteiger partial charge in [0.15, 0.2) is 0 Å². The highest BCUT2D eigenvalue weighted by Gasteiger charge is 2.23. The molecule has 1 aromatic rings. The van der Waals surface area contributed by atoms with Crippen molar-refractivity contribution in [2.24, 2.45) is 10.7 Å². The predicted molar refractivity (Wildman–Crippen MR) is 113 cm³/mol. The van der Waals surface area contributed by atoms with Crippen LogP contribution in [0.4, 0.5) is 5.69 Å². The minimum atomic E-state index is -0.0807. The number of benzene rings is 1. The third-order valence-corrected chi connectivity index (χ3v) is 5.25. The van der Waals surface area contributed by atoms with Gasteiger partial charge >= 0.3 is 0 Å². The van der Waals surface area contributed by atoms with Gasteiger partial charge in [-0.05, 0) is 50.3 Å². The quantitative estimate of drug-likeness (QED) is 0.758. The summed E-state index contributed by atoms with van der Waals surface area (Å²) in [6, 6.07) is 5.69. The van der Waals surface area contributed by atoms with E-state index in [1.54, 1.807) is 12.1 Å². The summed E-state index contributed by atoms with van der Waals surface area (Å²) in [6.45, 7) is 5.60. The molecule has 0 spiro atoms. The van der Waals surface area contributed by atoms with Gasteiger partial charge in [-0.25, -0.2) is 4.99 Å². The Balaban J connectivity index is 1.85. The number of fused-ring (bicyclic) bond motifs is 1. The van der Waals surface area contributed by atoms with Crippen LogP contribution in [0.2, 0.25) is 0 Å². The van der Waals surface area contributed by atoms with Crippen molar-refractivity contribution in [2.75, 3.05) is 13.1 Å². The van der Waals surface area contributed by atoms with E-state index in [1.165, 1.54) is 6.42 Å². The van der Waals surface area contributed by atoms with Gasteiger partial charge in [-0.15, -0.1) is 0 Å². The molecule has 2 amide bonds. The van der Waals surface area contributed by atoms with Crippen LogP contribution in [0.3, 0.4) is 0 Å². The molecule has 1 aliphatic carbocycles. The maximum Gasteiger partial charge on any atom is 0.251 e. The molecule has 1 heterocycles. The molecule has 1 aliphatic heterocycles. The van der Waals surface area contributed by atoms with Crippen LogP contribution in [0, 0.1) is 0 Å². The highest BCUT2D eigenvalue weighted by molar-refractivity contribution is 6.06. The molecular weight excluding hydrogens is 352 g/mol. The summed E-state index contributed by atoms with van der Waals surface area (Å²) in [7, 11) is 0. The first-order valence-electron chi connectivity index (χ1n) is 10.3. The van der Waals surface area contributed by atoms with Crippen LogP contribution in [0.5, 0.6) is 0 Å². The van der Waals surface area contributed by atoms with Gasteiger partial charge in [0.25, 0.3) is 5.91 Å². The second-order valence-electron chi connectivity index (χ2n) is 7.62. The third kappa shape index (κ3) is 4.61. The number of nitrogens with two attached hydrogens (primary N) is 1. The molecule has 28 heavy (non-hydrogen) atoms. The lowest BCUT2D eigenvalue weighted by Gasteiger charge is -2.26. The summed E-state index contributed by atoms with van der Waals surface area (Å²) in [5, 5.41) is 3.04. The Labute approximate surface area is 166 Å². The number of amidine groups is 1. The van der Waals surface area contributed by atoms with Crippen LogP contribution in [0.25, 0.3) is 6.08 Å². The Kier molecular flexibility index (Phi) is 6.49. The van der Waals surface area contributed by atoms with E-state index in [9.17, 15) is 9.59 Å². The minimum Gasteiger partial charge on any atom is -0.387 e. The van der Waals surface area contributed by atoms with Gasteiger partial charge in [0, 0.05) is 42.3 Å². The van der Waals surface area contributed by atoms with Crippen LogP contribution in [0.1, 0.15) is 68.3 Å². The van der Waals surface area contributed by atoms with Crippen molar-refractivity contribution in [2.45, 2.75) is 58.4 Å². The molecule has 0 saturated heterocycles. The lowest BCUT2D eigenvalue weighted by molar-refractivity contribution is -0.127. The van der Waals surface area contributed by atoms with E-state index in [4.69, 9.17) is 5.73 Å². The average Bonchev–Trinajstić information content (AvgIpc) is 2.81. The van der Waals surface area contributed by atoms with Gasteiger partial charge in [0.1, 0.15) is 5.84 Å². The van der Waals surface area contributed by atoms with Gasteiger partial charge in [-0.2, -0.15) is 0 Å². The molecular formula is C22H30N4O2. The summed E-state index contributed by atoms with van der Waals surface area (Å²) >= 11 is 0. The Morgan fingerprint density at radius 1 is 1.21 bits per heavy atom. The molecule has 3 N–H and O–H groups in total. The largest absolute Gasteiger partial charge is 0.387 e. The standard InChI is InChI=1S/C22H30N4O2/c1-3-10-26(11-4-2)22(28)17-12-15-8-9-16(13-19(15)25-20(23)14-17)21(27)24-18-6-5-7-18/h8-9,12-13,18H,3-7,10-11,14H2,1-2H3,(H2,23,25)(H,24,27). The van der Waals surface area contributed by atoms with Gasteiger partial charge < -0.3 is 16.0 Å². The molecule has 0 unspecified atom stereocenters. The van der Waals surface area contributed by atoms with Crippen LogP contribution >= 0.6 is 0 Å². The van der Waals surface area contributed by atoms with Crippen molar-refractivity contribution in [1.29, 1.82) is 0 Å². The zero-order chi connectivity index (χ0) is 20.1. The van der Waals surface area contributed by atoms with Gasteiger partial charge in [-0.3, -0.25) is 9.59 Å². The fourth-order valence-electron chi connectivity index (χ4n) is 3.55. The molecule has 0 radical (unpaired) electrons. The van der Waals surface area contributed by atoms with E-state index in [-0.39, 0.29) is 17.9 Å². The van der Waals surface area contributed by atoms with Gasteiger partial charge in [0.05, 0.1) is 5.69 Å². The molecule has 1 fully saturated rings. The van der Waals surface area contributed by atoms with Crippen LogP contribution in [-0.4, -0.2) is 41.7 Å². The number of rotatable bonds is 7. The normalized spacial score (nSPS) is 16.2. The highest BCUT2D eigenvalue weighted by Crippen LogP contribution is 2.29. The summed E-state index contributed by atoms with van der Waals surface area (Å²) in [5.74, 6) is 0.326. The van der Waals surface area contributed by atoms with Crippen molar-refractivity contribution in [3.05, 3.63) is 34.9 Å². The van der Waals surface area contributed by atoms with Gasteiger partial charge in [-0.1, -0.05) is 19.9 Å². The third-order valence-electron chi connectivity index (χ3n) is 5.25. The summed E-state index contributed by atoms with van der Waals surface area (Å²) in [4.78, 5) is 31.8. The number of carbonyl (C=O) groups excluding carboxylic acids is 2. The van der Waals surface area contributed by atoms with E-state index in [0.717, 1.165) is 44.3 Å². The van der Waals surface area contributed by atoms with Crippen LogP contribution in [0.15, 0.2) is 28.8 Å². The Morgan fingerprint density at radius 3 is 2.54 bits per heavy atom. The maximum atomic E-state index is 13.0. The second-order valence-corrected chi connectivity index (χ2v) is 7.62. The first-order chi connectivity index (χ1) is 13.5. The number of aliphatic imine (C=N–C) groups is 1. The molecule has 0 atom stereocenters. The van der Waals surface area contributed by atoms with E-state index in [2.05, 4.69) is 24.2 Å². The molecule has 0 bridgehead atoms. The zero-order valence-corrected chi connectivity index (χ0v) is 16.8. The topological polar surface area (TPSA) is 87.8 Å². The Morgan fingerprint density at radius 2 is 1.93 bits per heavy atom. The fourth-order valence-corrected chi connectivity index (χ4v) is 3.55. The van der Waals surface area contributed by atoms with Crippen LogP contribution < -0.4 is 11.1 Å². The van der Waals surface area contributed by atoms with Crippen molar-refractivity contribution >= 4 is 29.4 Å². The molecule has 1 saturated carbocycles. The summed E-state index contributed by atoms with van der Waals surface area (Å²) in [5.41, 5.74) is 8.78. The zero-order valence-electron chi connectivity index (χ0n) is 16.8. The van der Waals surface area contributed by atoms with E-state index < -0.39 is 0 Å². The van der Waals surface area contributed by atoms with Crippen molar-refractivity contribution < 1.29 is 9.59 Å². The molecule has 2 aliphatic rings. The number of amides is 2. The van der Waals surface area contributed by atoms with Crippen molar-refractivity contribution in [3.63, 3.8) is 0 Å². The number of hydrogen-bond donors (Lipinski definition) is 2. The van der Waals surface area contributed by atoms with Crippen LogP contribution in [-0.2, 0) is 4.79 Å². The molecule has 0 aromatic heterocycles. The van der Waals surface area contributed by atoms with Crippen molar-refractivity contribution in [1.82, 2.24) is 10.2 Å². The second kappa shape index (κ2) is 9.04. The van der Waals surface area contributed by atoms with E-state index in [0.29, 0.717) is 29.1 Å². The molecule has 1 aromatic carbocycles. The lowest BCUT2D eigenvalue weighted by atomic mass is 9.93. The first kappa shape index (κ1) is 20.1. The Bertz CT molecular complexity index is 803. The van der Waals surface area contributed by atoms with E-state index in [1.807, 2.05) is 17.0 Å². The summed E-state index contributed by atoms with van der Waals surface area (Å²) in [6.07, 6.45) is 7.28. The molecule has 150 valence electrons. The monoisotopic (exact) mass is 382 g/mol. The SMILES string of the molecule is CCCN(CCC)C(=O)C1=Cc2ccc(C(=O)NC3CCC3)cc2N=C(N)C1. The minimum absolute atomic E-state index is 0.0153. The van der Waals surface area contributed by atoms with Crippen molar-refractivity contribution in [3.8, 4) is 0 Å². The molecule has 6 nitrogen and oxygen atoms in total. The number of carbonyl (C=O) groups is 2. The molecule has 3 rings (SSSR count). The molecule has 6 heteroatoms. The average molecular weight is 383 g/mol. The lowest BCUT2D eigenvalue weighted by Crippen LogP contribution is -2.39. The first-order valence-corrected chi connectivity index (χ1v) is 10.3. The highest BCUT2D eigenvalue weighted by atomic mass is 16.2. The smallest absolute Gasteiger partial charge is 0.251 e. The van der Waals surface area contributed by atoms with Gasteiger partial charge in [0.2, 0.25) is 5.91 Å². The predicted octanol–water partition coefficient (Wildman–Crippen LogP) is 3.39. The Hall–Kier alpha value is -2.63. The number of hydrogen-bond acceptors (Lipinski definition) is 4. The fraction of sp³-hybridized carbons (Fsp3) is 0.500. The summed E-state index contributed by atoms with van der Waals surface area (Å²) < 4.78 is 0. The number of nitrogens with zero attached hydrogens (tertiary/aromatic N) is 2. The number of nitrogens with one attached hydrogen (secondary N) is 1. The maximum absolute atomic E-state index is 13.0.